The van der Waals surface area contributed by atoms with E-state index in [1.54, 1.807) is 0 Å². The van der Waals surface area contributed by atoms with E-state index in [9.17, 15) is 5.11 Å². The Bertz CT molecular complexity index is 326. The normalized spacial score (nSPS) is 39.7. The average Bonchev–Trinajstić information content (AvgIpc) is 2.96. The standard InChI is InChI=1S/C17H32N2O2/c1-2-18-10-11-21-14(12-18)13-19-9-5-7-16(19)15-6-3-4-8-17(15)20/h14-17,20H,2-13H2,1H3. The Morgan fingerprint density at radius 3 is 2.76 bits per heavy atom. The molecule has 0 aromatic rings. The summed E-state index contributed by atoms with van der Waals surface area (Å²) in [6.45, 7) is 8.65. The first kappa shape index (κ1) is 15.7. The van der Waals surface area contributed by atoms with Crippen LogP contribution >= 0.6 is 0 Å². The van der Waals surface area contributed by atoms with Crippen molar-refractivity contribution < 1.29 is 9.84 Å². The van der Waals surface area contributed by atoms with Gasteiger partial charge >= 0.3 is 0 Å². The van der Waals surface area contributed by atoms with E-state index >= 15 is 0 Å². The molecular formula is C17H32N2O2. The molecule has 0 radical (unpaired) electrons. The van der Waals surface area contributed by atoms with Gasteiger partial charge in [0, 0.05) is 31.6 Å². The number of morpholine rings is 1. The molecule has 2 aliphatic heterocycles. The third kappa shape index (κ3) is 3.79. The highest BCUT2D eigenvalue weighted by Gasteiger charge is 2.38. The highest BCUT2D eigenvalue weighted by Crippen LogP contribution is 2.34. The maximum Gasteiger partial charge on any atom is 0.0829 e. The smallest absolute Gasteiger partial charge is 0.0829 e. The van der Waals surface area contributed by atoms with Crippen LogP contribution in [0, 0.1) is 5.92 Å². The summed E-state index contributed by atoms with van der Waals surface area (Å²) in [5.74, 6) is 0.507. The number of rotatable bonds is 4. The lowest BCUT2D eigenvalue weighted by molar-refractivity contribution is -0.0533. The summed E-state index contributed by atoms with van der Waals surface area (Å²) < 4.78 is 5.99. The minimum Gasteiger partial charge on any atom is -0.393 e. The molecule has 3 rings (SSSR count). The zero-order chi connectivity index (χ0) is 14.7. The molecule has 1 N–H and O–H groups in total. The van der Waals surface area contributed by atoms with Gasteiger partial charge in [-0.2, -0.15) is 0 Å². The number of aliphatic hydroxyl groups excluding tert-OH is 1. The van der Waals surface area contributed by atoms with Crippen molar-refractivity contribution in [3.63, 3.8) is 0 Å². The van der Waals surface area contributed by atoms with E-state index in [1.807, 2.05) is 0 Å². The van der Waals surface area contributed by atoms with Crippen molar-refractivity contribution in [3.05, 3.63) is 0 Å². The van der Waals surface area contributed by atoms with Crippen LogP contribution in [-0.2, 0) is 4.74 Å². The predicted molar refractivity (Wildman–Crippen MR) is 84.4 cm³/mol. The molecule has 4 heteroatoms. The van der Waals surface area contributed by atoms with E-state index < -0.39 is 0 Å². The Kier molecular flexibility index (Phi) is 5.54. The number of hydrogen-bond donors (Lipinski definition) is 1. The first-order chi connectivity index (χ1) is 10.3. The highest BCUT2D eigenvalue weighted by atomic mass is 16.5. The zero-order valence-electron chi connectivity index (χ0n) is 13.5. The van der Waals surface area contributed by atoms with Gasteiger partial charge < -0.3 is 9.84 Å². The number of likely N-dealkylation sites (tertiary alicyclic amines) is 1. The number of ether oxygens (including phenoxy) is 1. The van der Waals surface area contributed by atoms with Gasteiger partial charge in [0.15, 0.2) is 0 Å². The van der Waals surface area contributed by atoms with Gasteiger partial charge in [-0.15, -0.1) is 0 Å². The fourth-order valence-corrected chi connectivity index (χ4v) is 4.59. The van der Waals surface area contributed by atoms with Crippen LogP contribution in [-0.4, -0.2) is 72.5 Å². The van der Waals surface area contributed by atoms with Crippen LogP contribution in [0.15, 0.2) is 0 Å². The Morgan fingerprint density at radius 1 is 1.10 bits per heavy atom. The lowest BCUT2D eigenvalue weighted by atomic mass is 9.80. The summed E-state index contributed by atoms with van der Waals surface area (Å²) in [5, 5.41) is 10.4. The summed E-state index contributed by atoms with van der Waals surface area (Å²) >= 11 is 0. The molecule has 4 atom stereocenters. The molecule has 1 aliphatic carbocycles. The third-order valence-corrected chi connectivity index (χ3v) is 5.80. The first-order valence-electron chi connectivity index (χ1n) is 9.04. The van der Waals surface area contributed by atoms with Gasteiger partial charge in [-0.3, -0.25) is 9.80 Å². The Hall–Kier alpha value is -0.160. The molecule has 0 spiro atoms. The van der Waals surface area contributed by atoms with Crippen molar-refractivity contribution in [1.29, 1.82) is 0 Å². The predicted octanol–water partition coefficient (Wildman–Crippen LogP) is 1.72. The fraction of sp³-hybridized carbons (Fsp3) is 1.00. The number of hydrogen-bond acceptors (Lipinski definition) is 4. The Balaban J connectivity index is 1.56. The second kappa shape index (κ2) is 7.40. The molecule has 4 unspecified atom stereocenters. The lowest BCUT2D eigenvalue weighted by Gasteiger charge is -2.40. The third-order valence-electron chi connectivity index (χ3n) is 5.80. The van der Waals surface area contributed by atoms with Crippen LogP contribution in [0.2, 0.25) is 0 Å². The second-order valence-electron chi connectivity index (χ2n) is 7.11. The van der Waals surface area contributed by atoms with Crippen LogP contribution in [0.5, 0.6) is 0 Å². The van der Waals surface area contributed by atoms with Crippen LogP contribution in [0.3, 0.4) is 0 Å². The van der Waals surface area contributed by atoms with Crippen LogP contribution in [0.25, 0.3) is 0 Å². The fourth-order valence-electron chi connectivity index (χ4n) is 4.59. The van der Waals surface area contributed by atoms with E-state index in [2.05, 4.69) is 16.7 Å². The molecule has 21 heavy (non-hydrogen) atoms. The minimum absolute atomic E-state index is 0.0660. The van der Waals surface area contributed by atoms with Crippen molar-refractivity contribution in [2.24, 2.45) is 5.92 Å². The average molecular weight is 296 g/mol. The van der Waals surface area contributed by atoms with E-state index in [0.29, 0.717) is 18.1 Å². The quantitative estimate of drug-likeness (QED) is 0.857. The van der Waals surface area contributed by atoms with Gasteiger partial charge in [-0.05, 0) is 38.8 Å². The van der Waals surface area contributed by atoms with Crippen LogP contribution < -0.4 is 0 Å². The number of aliphatic hydroxyl groups is 1. The minimum atomic E-state index is -0.0660. The van der Waals surface area contributed by atoms with Gasteiger partial charge in [-0.1, -0.05) is 19.8 Å². The lowest BCUT2D eigenvalue weighted by Crippen LogP contribution is -2.50. The molecule has 0 aromatic carbocycles. The molecule has 3 aliphatic rings. The van der Waals surface area contributed by atoms with Crippen molar-refractivity contribution in [1.82, 2.24) is 9.80 Å². The van der Waals surface area contributed by atoms with Crippen molar-refractivity contribution >= 4 is 0 Å². The van der Waals surface area contributed by atoms with Gasteiger partial charge in [-0.25, -0.2) is 0 Å². The van der Waals surface area contributed by atoms with Crippen molar-refractivity contribution in [2.45, 2.75) is 63.7 Å². The van der Waals surface area contributed by atoms with Gasteiger partial charge in [0.05, 0.1) is 18.8 Å². The second-order valence-corrected chi connectivity index (χ2v) is 7.11. The van der Waals surface area contributed by atoms with Crippen molar-refractivity contribution in [3.8, 4) is 0 Å². The molecular weight excluding hydrogens is 264 g/mol. The summed E-state index contributed by atoms with van der Waals surface area (Å²) in [6.07, 6.45) is 7.60. The molecule has 1 saturated carbocycles. The summed E-state index contributed by atoms with van der Waals surface area (Å²) in [6, 6.07) is 0.598. The Morgan fingerprint density at radius 2 is 1.95 bits per heavy atom. The van der Waals surface area contributed by atoms with Crippen LogP contribution in [0.1, 0.15) is 45.4 Å². The number of nitrogens with zero attached hydrogens (tertiary/aromatic N) is 2. The first-order valence-corrected chi connectivity index (χ1v) is 9.04. The Labute approximate surface area is 129 Å². The molecule has 4 nitrogen and oxygen atoms in total. The zero-order valence-corrected chi connectivity index (χ0v) is 13.5. The van der Waals surface area contributed by atoms with E-state index in [-0.39, 0.29) is 6.10 Å². The number of likely N-dealkylation sites (N-methyl/N-ethyl adjacent to an activating group) is 1. The highest BCUT2D eigenvalue weighted by molar-refractivity contribution is 4.91. The molecule has 0 bridgehead atoms. The molecule has 2 saturated heterocycles. The maximum atomic E-state index is 10.4. The largest absolute Gasteiger partial charge is 0.393 e. The van der Waals surface area contributed by atoms with Gasteiger partial charge in [0.25, 0.3) is 0 Å². The van der Waals surface area contributed by atoms with Crippen LogP contribution in [0.4, 0.5) is 0 Å². The molecule has 2 heterocycles. The molecule has 122 valence electrons. The summed E-state index contributed by atoms with van der Waals surface area (Å²) in [7, 11) is 0. The summed E-state index contributed by atoms with van der Waals surface area (Å²) in [4.78, 5) is 5.12. The van der Waals surface area contributed by atoms with Crippen molar-refractivity contribution in [2.75, 3.05) is 39.3 Å². The topological polar surface area (TPSA) is 35.9 Å². The monoisotopic (exact) mass is 296 g/mol. The summed E-state index contributed by atoms with van der Waals surface area (Å²) in [5.41, 5.74) is 0. The molecule has 0 aromatic heterocycles. The SMILES string of the molecule is CCN1CCOC(CN2CCCC2C2CCCCC2O)C1. The molecule has 3 fully saturated rings. The molecule has 0 amide bonds. The maximum absolute atomic E-state index is 10.4. The van der Waals surface area contributed by atoms with Gasteiger partial charge in [0.1, 0.15) is 0 Å². The van der Waals surface area contributed by atoms with E-state index in [0.717, 1.165) is 39.2 Å². The van der Waals surface area contributed by atoms with E-state index in [4.69, 9.17) is 4.74 Å². The van der Waals surface area contributed by atoms with E-state index in [1.165, 1.54) is 38.6 Å². The van der Waals surface area contributed by atoms with Gasteiger partial charge in [0.2, 0.25) is 0 Å².